The minimum atomic E-state index is -0.132. The van der Waals surface area contributed by atoms with Gasteiger partial charge >= 0.3 is 0 Å². The third kappa shape index (κ3) is 5.85. The summed E-state index contributed by atoms with van der Waals surface area (Å²) in [6.45, 7) is 1.49. The number of fused-ring (bicyclic) bond motifs is 1. The summed E-state index contributed by atoms with van der Waals surface area (Å²) in [4.78, 5) is 28.6. The molecule has 0 aliphatic rings. The molecule has 3 rings (SSSR count). The lowest BCUT2D eigenvalue weighted by molar-refractivity contribution is -0.118. The van der Waals surface area contributed by atoms with Gasteiger partial charge in [-0.15, -0.1) is 11.8 Å². The van der Waals surface area contributed by atoms with Crippen molar-refractivity contribution >= 4 is 34.5 Å². The maximum atomic E-state index is 12.7. The van der Waals surface area contributed by atoms with Gasteiger partial charge in [-0.1, -0.05) is 30.3 Å². The van der Waals surface area contributed by atoms with Gasteiger partial charge in [0.15, 0.2) is 0 Å². The molecule has 2 aromatic carbocycles. The Balaban J connectivity index is 1.53. The van der Waals surface area contributed by atoms with Crippen LogP contribution in [-0.4, -0.2) is 49.4 Å². The first kappa shape index (κ1) is 21.0. The zero-order chi connectivity index (χ0) is 20.5. The number of para-hydroxylation sites is 1. The summed E-state index contributed by atoms with van der Waals surface area (Å²) in [6.07, 6.45) is 2.73. The van der Waals surface area contributed by atoms with Crippen molar-refractivity contribution < 1.29 is 14.3 Å². The molecule has 0 bridgehead atoms. The molecule has 0 aliphatic carbocycles. The number of hydrogen-bond acceptors (Lipinski definition) is 4. The van der Waals surface area contributed by atoms with Crippen LogP contribution in [0.25, 0.3) is 10.9 Å². The average molecular weight is 412 g/mol. The smallest absolute Gasteiger partial charge is 0.252 e. The summed E-state index contributed by atoms with van der Waals surface area (Å²) in [5.74, 6) is 0.0397. The summed E-state index contributed by atoms with van der Waals surface area (Å²) in [6, 6.07) is 15.5. The molecule has 6 nitrogen and oxygen atoms in total. The number of methoxy groups -OCH3 is 1. The molecule has 1 aromatic heterocycles. The van der Waals surface area contributed by atoms with E-state index >= 15 is 0 Å². The quantitative estimate of drug-likeness (QED) is 0.354. The van der Waals surface area contributed by atoms with Gasteiger partial charge < -0.3 is 20.4 Å². The van der Waals surface area contributed by atoms with Crippen molar-refractivity contribution in [3.8, 4) is 0 Å². The second-order valence-corrected chi connectivity index (χ2v) is 7.51. The predicted octanol–water partition coefficient (Wildman–Crippen LogP) is 3.00. The Morgan fingerprint density at radius 2 is 1.83 bits per heavy atom. The topological polar surface area (TPSA) is 83.2 Å². The molecule has 3 N–H and O–H groups in total. The summed E-state index contributed by atoms with van der Waals surface area (Å²) in [5, 5.41) is 6.95. The van der Waals surface area contributed by atoms with Crippen molar-refractivity contribution in [3.05, 3.63) is 65.9 Å². The van der Waals surface area contributed by atoms with Crippen molar-refractivity contribution in [2.45, 2.75) is 11.3 Å². The van der Waals surface area contributed by atoms with Gasteiger partial charge in [-0.05, 0) is 30.2 Å². The number of amides is 2. The third-order valence-electron chi connectivity index (χ3n) is 4.47. The summed E-state index contributed by atoms with van der Waals surface area (Å²) < 4.78 is 4.92. The Kier molecular flexibility index (Phi) is 7.72. The first-order valence-corrected chi connectivity index (χ1v) is 10.5. The minimum absolute atomic E-state index is 0.0819. The number of thioether (sulfide) groups is 1. The fourth-order valence-corrected chi connectivity index (χ4v) is 3.89. The molecular formula is C22H25N3O3S. The molecule has 0 saturated carbocycles. The molecule has 0 spiro atoms. The van der Waals surface area contributed by atoms with Gasteiger partial charge in [-0.25, -0.2) is 0 Å². The number of aromatic amines is 1. The van der Waals surface area contributed by atoms with Gasteiger partial charge in [0, 0.05) is 42.2 Å². The number of benzene rings is 2. The zero-order valence-electron chi connectivity index (χ0n) is 16.4. The van der Waals surface area contributed by atoms with E-state index in [0.29, 0.717) is 25.3 Å². The van der Waals surface area contributed by atoms with E-state index in [4.69, 9.17) is 4.74 Å². The van der Waals surface area contributed by atoms with Crippen molar-refractivity contribution in [2.24, 2.45) is 0 Å². The number of aromatic nitrogens is 1. The number of rotatable bonds is 10. The summed E-state index contributed by atoms with van der Waals surface area (Å²) in [7, 11) is 1.59. The van der Waals surface area contributed by atoms with Crippen LogP contribution in [0.1, 0.15) is 15.9 Å². The maximum absolute atomic E-state index is 12.7. The van der Waals surface area contributed by atoms with Crippen LogP contribution in [0.15, 0.2) is 59.6 Å². The van der Waals surface area contributed by atoms with Gasteiger partial charge in [0.05, 0.1) is 17.9 Å². The predicted molar refractivity (Wildman–Crippen MR) is 116 cm³/mol. The highest BCUT2D eigenvalue weighted by atomic mass is 32.2. The summed E-state index contributed by atoms with van der Waals surface area (Å²) in [5.41, 5.74) is 2.86. The van der Waals surface area contributed by atoms with Crippen LogP contribution in [0.2, 0.25) is 0 Å². The first-order valence-electron chi connectivity index (χ1n) is 9.49. The molecule has 2 amide bonds. The Morgan fingerprint density at radius 1 is 1.03 bits per heavy atom. The van der Waals surface area contributed by atoms with Crippen molar-refractivity contribution in [3.63, 3.8) is 0 Å². The van der Waals surface area contributed by atoms with Crippen LogP contribution >= 0.6 is 11.8 Å². The van der Waals surface area contributed by atoms with E-state index in [1.54, 1.807) is 13.2 Å². The highest BCUT2D eigenvalue weighted by Crippen LogP contribution is 2.22. The second-order valence-electron chi connectivity index (χ2n) is 6.49. The normalized spacial score (nSPS) is 10.8. The molecule has 1 heterocycles. The molecule has 0 fully saturated rings. The molecule has 0 radical (unpaired) electrons. The third-order valence-corrected chi connectivity index (χ3v) is 5.55. The number of nitrogens with one attached hydrogen (secondary N) is 3. The van der Waals surface area contributed by atoms with Crippen molar-refractivity contribution in [2.75, 3.05) is 32.6 Å². The summed E-state index contributed by atoms with van der Waals surface area (Å²) >= 11 is 1.36. The highest BCUT2D eigenvalue weighted by molar-refractivity contribution is 8.00. The van der Waals surface area contributed by atoms with E-state index in [2.05, 4.69) is 21.7 Å². The van der Waals surface area contributed by atoms with Gasteiger partial charge in [0.1, 0.15) is 0 Å². The minimum Gasteiger partial charge on any atom is -0.383 e. The van der Waals surface area contributed by atoms with Crippen LogP contribution in [0, 0.1) is 0 Å². The molecule has 7 heteroatoms. The largest absolute Gasteiger partial charge is 0.383 e. The number of H-pyrrole nitrogens is 1. The first-order chi connectivity index (χ1) is 14.2. The van der Waals surface area contributed by atoms with Crippen LogP contribution < -0.4 is 10.6 Å². The van der Waals surface area contributed by atoms with Crippen LogP contribution in [-0.2, 0) is 16.0 Å². The van der Waals surface area contributed by atoms with Crippen LogP contribution in [0.4, 0.5) is 0 Å². The monoisotopic (exact) mass is 411 g/mol. The lowest BCUT2D eigenvalue weighted by atomic mass is 10.1. The van der Waals surface area contributed by atoms with E-state index < -0.39 is 0 Å². The standard InChI is InChI=1S/C22H25N3O3S/c1-28-13-12-23-21(26)15-29-20-9-5-3-7-18(20)22(27)24-11-10-16-14-25-19-8-4-2-6-17(16)19/h2-9,14,25H,10-13,15H2,1H3,(H,23,26)(H,24,27). The Morgan fingerprint density at radius 3 is 2.69 bits per heavy atom. The SMILES string of the molecule is COCCNC(=O)CSc1ccccc1C(=O)NCCc1c[nH]c2ccccc12. The van der Waals surface area contributed by atoms with E-state index in [0.717, 1.165) is 16.8 Å². The average Bonchev–Trinajstić information content (AvgIpc) is 3.16. The molecule has 152 valence electrons. The molecule has 3 aromatic rings. The second kappa shape index (κ2) is 10.7. The molecule has 0 unspecified atom stereocenters. The highest BCUT2D eigenvalue weighted by Gasteiger charge is 2.13. The number of ether oxygens (including phenoxy) is 1. The lowest BCUT2D eigenvalue weighted by Crippen LogP contribution is -2.29. The van der Waals surface area contributed by atoms with Crippen molar-refractivity contribution in [1.82, 2.24) is 15.6 Å². The van der Waals surface area contributed by atoms with Crippen LogP contribution in [0.5, 0.6) is 0 Å². The van der Waals surface area contributed by atoms with Crippen LogP contribution in [0.3, 0.4) is 0 Å². The molecular weight excluding hydrogens is 386 g/mol. The Labute approximate surface area is 174 Å². The Hall–Kier alpha value is -2.77. The molecule has 0 atom stereocenters. The lowest BCUT2D eigenvalue weighted by Gasteiger charge is -2.10. The molecule has 29 heavy (non-hydrogen) atoms. The van der Waals surface area contributed by atoms with Gasteiger partial charge in [-0.2, -0.15) is 0 Å². The maximum Gasteiger partial charge on any atom is 0.252 e. The molecule has 0 saturated heterocycles. The van der Waals surface area contributed by atoms with Crippen molar-refractivity contribution in [1.29, 1.82) is 0 Å². The number of carbonyl (C=O) groups excluding carboxylic acids is 2. The zero-order valence-corrected chi connectivity index (χ0v) is 17.2. The van der Waals surface area contributed by atoms with E-state index in [9.17, 15) is 9.59 Å². The fourth-order valence-electron chi connectivity index (χ4n) is 3.01. The van der Waals surface area contributed by atoms with Gasteiger partial charge in [0.25, 0.3) is 5.91 Å². The van der Waals surface area contributed by atoms with E-state index in [1.807, 2.05) is 42.6 Å². The Bertz CT molecular complexity index is 971. The van der Waals surface area contributed by atoms with E-state index in [1.165, 1.54) is 22.7 Å². The van der Waals surface area contributed by atoms with Gasteiger partial charge in [-0.3, -0.25) is 9.59 Å². The number of hydrogen-bond donors (Lipinski definition) is 3. The fraction of sp³-hybridized carbons (Fsp3) is 0.273. The number of carbonyl (C=O) groups is 2. The van der Waals surface area contributed by atoms with Gasteiger partial charge in [0.2, 0.25) is 5.91 Å². The molecule has 0 aliphatic heterocycles. The van der Waals surface area contributed by atoms with E-state index in [-0.39, 0.29) is 17.6 Å².